The van der Waals surface area contributed by atoms with Crippen molar-refractivity contribution in [2.24, 2.45) is 4.99 Å². The van der Waals surface area contributed by atoms with Crippen LogP contribution in [0.5, 0.6) is 0 Å². The van der Waals surface area contributed by atoms with E-state index < -0.39 is 0 Å². The van der Waals surface area contributed by atoms with E-state index in [0.29, 0.717) is 0 Å². The van der Waals surface area contributed by atoms with Crippen molar-refractivity contribution in [3.8, 4) is 0 Å². The number of rotatable bonds is 2. The van der Waals surface area contributed by atoms with Crippen LogP contribution in [0.4, 0.5) is 22.7 Å². The standard InChI is InChI=1S/C17H11N3O2/c21-20(22)14-7-3-6-13(10-14)19-11-18-15-8-1-4-12-5-2-9-16(19)17(12)15/h1-11H. The average Bonchev–Trinajstić information content (AvgIpc) is 2.56. The first kappa shape index (κ1) is 12.5. The van der Waals surface area contributed by atoms with Crippen LogP contribution in [-0.2, 0) is 0 Å². The molecule has 3 aromatic carbocycles. The molecule has 5 heteroatoms. The van der Waals surface area contributed by atoms with Crippen LogP contribution in [0, 0.1) is 10.1 Å². The Labute approximate surface area is 126 Å². The Bertz CT molecular complexity index is 929. The molecule has 0 aromatic heterocycles. The Kier molecular flexibility index (Phi) is 2.66. The number of nitro benzene ring substituents is 1. The number of non-ortho nitro benzene ring substituents is 1. The van der Waals surface area contributed by atoms with Gasteiger partial charge < -0.3 is 4.90 Å². The van der Waals surface area contributed by atoms with Gasteiger partial charge in [0.05, 0.1) is 22.0 Å². The molecule has 0 saturated carbocycles. The molecule has 3 aromatic rings. The van der Waals surface area contributed by atoms with Crippen molar-refractivity contribution in [2.75, 3.05) is 4.90 Å². The van der Waals surface area contributed by atoms with Crippen molar-refractivity contribution in [3.63, 3.8) is 0 Å². The molecule has 0 unspecified atom stereocenters. The van der Waals surface area contributed by atoms with Crippen molar-refractivity contribution in [1.82, 2.24) is 0 Å². The highest BCUT2D eigenvalue weighted by Crippen LogP contribution is 2.40. The smallest absolute Gasteiger partial charge is 0.271 e. The van der Waals surface area contributed by atoms with Gasteiger partial charge in [0.2, 0.25) is 0 Å². The van der Waals surface area contributed by atoms with E-state index in [9.17, 15) is 10.1 Å². The molecule has 0 saturated heterocycles. The molecule has 0 radical (unpaired) electrons. The molecule has 5 nitrogen and oxygen atoms in total. The highest BCUT2D eigenvalue weighted by atomic mass is 16.6. The normalized spacial score (nSPS) is 12.6. The van der Waals surface area contributed by atoms with Crippen molar-refractivity contribution in [2.45, 2.75) is 0 Å². The lowest BCUT2D eigenvalue weighted by Gasteiger charge is -2.25. The minimum atomic E-state index is -0.390. The molecule has 0 spiro atoms. The van der Waals surface area contributed by atoms with E-state index in [1.54, 1.807) is 18.5 Å². The van der Waals surface area contributed by atoms with Crippen LogP contribution >= 0.6 is 0 Å². The summed E-state index contributed by atoms with van der Waals surface area (Å²) in [5.74, 6) is 0. The van der Waals surface area contributed by atoms with E-state index >= 15 is 0 Å². The van der Waals surface area contributed by atoms with E-state index in [1.807, 2.05) is 47.4 Å². The minimum Gasteiger partial charge on any atom is -0.300 e. The molecular weight excluding hydrogens is 278 g/mol. The first-order valence-corrected chi connectivity index (χ1v) is 6.84. The molecule has 1 aliphatic rings. The van der Waals surface area contributed by atoms with Crippen LogP contribution in [0.2, 0.25) is 0 Å². The Morgan fingerprint density at radius 1 is 1.00 bits per heavy atom. The van der Waals surface area contributed by atoms with Crippen molar-refractivity contribution in [1.29, 1.82) is 0 Å². The van der Waals surface area contributed by atoms with Gasteiger partial charge in [0.25, 0.3) is 5.69 Å². The van der Waals surface area contributed by atoms with E-state index in [0.717, 1.165) is 27.8 Å². The maximum Gasteiger partial charge on any atom is 0.271 e. The second-order valence-corrected chi connectivity index (χ2v) is 5.04. The fourth-order valence-corrected chi connectivity index (χ4v) is 2.75. The molecule has 0 bridgehead atoms. The fourth-order valence-electron chi connectivity index (χ4n) is 2.75. The minimum absolute atomic E-state index is 0.0666. The second-order valence-electron chi connectivity index (χ2n) is 5.04. The summed E-state index contributed by atoms with van der Waals surface area (Å²) in [5.41, 5.74) is 2.68. The molecule has 22 heavy (non-hydrogen) atoms. The van der Waals surface area contributed by atoms with E-state index in [1.165, 1.54) is 6.07 Å². The van der Waals surface area contributed by atoms with Gasteiger partial charge in [0.15, 0.2) is 0 Å². The molecule has 0 N–H and O–H groups in total. The van der Waals surface area contributed by atoms with Gasteiger partial charge in [0, 0.05) is 17.5 Å². The molecule has 1 aliphatic heterocycles. The van der Waals surface area contributed by atoms with E-state index in [2.05, 4.69) is 4.99 Å². The summed E-state index contributed by atoms with van der Waals surface area (Å²) in [6.07, 6.45) is 1.70. The van der Waals surface area contributed by atoms with Crippen molar-refractivity contribution >= 4 is 39.9 Å². The molecule has 0 atom stereocenters. The summed E-state index contributed by atoms with van der Waals surface area (Å²) in [7, 11) is 0. The third-order valence-corrected chi connectivity index (χ3v) is 3.75. The zero-order valence-electron chi connectivity index (χ0n) is 11.5. The van der Waals surface area contributed by atoms with Gasteiger partial charge in [-0.05, 0) is 23.6 Å². The lowest BCUT2D eigenvalue weighted by molar-refractivity contribution is -0.384. The maximum atomic E-state index is 11.0. The molecule has 4 rings (SSSR count). The zero-order chi connectivity index (χ0) is 15.1. The summed E-state index contributed by atoms with van der Waals surface area (Å²) in [4.78, 5) is 16.9. The van der Waals surface area contributed by atoms with Crippen LogP contribution in [-0.4, -0.2) is 11.3 Å². The molecule has 0 amide bonds. The topological polar surface area (TPSA) is 58.7 Å². The Hall–Kier alpha value is -3.21. The molecule has 1 heterocycles. The summed E-state index contributed by atoms with van der Waals surface area (Å²) < 4.78 is 0. The fraction of sp³-hybridized carbons (Fsp3) is 0. The first-order valence-electron chi connectivity index (χ1n) is 6.84. The number of nitro groups is 1. The molecule has 0 aliphatic carbocycles. The van der Waals surface area contributed by atoms with E-state index in [-0.39, 0.29) is 10.6 Å². The van der Waals surface area contributed by atoms with Gasteiger partial charge in [-0.25, -0.2) is 4.99 Å². The third-order valence-electron chi connectivity index (χ3n) is 3.75. The molecule has 106 valence electrons. The molecule has 0 fully saturated rings. The van der Waals surface area contributed by atoms with Gasteiger partial charge >= 0.3 is 0 Å². The monoisotopic (exact) mass is 289 g/mol. The van der Waals surface area contributed by atoms with Crippen LogP contribution in [0.1, 0.15) is 0 Å². The lowest BCUT2D eigenvalue weighted by Crippen LogP contribution is -2.16. The van der Waals surface area contributed by atoms with Gasteiger partial charge in [-0.3, -0.25) is 10.1 Å². The Morgan fingerprint density at radius 2 is 1.77 bits per heavy atom. The van der Waals surface area contributed by atoms with Gasteiger partial charge in [0.1, 0.15) is 6.34 Å². The third kappa shape index (κ3) is 1.83. The number of nitrogens with zero attached hydrogens (tertiary/aromatic N) is 3. The average molecular weight is 289 g/mol. The number of benzene rings is 3. The Morgan fingerprint density at radius 3 is 2.59 bits per heavy atom. The SMILES string of the molecule is O=[N+]([O-])c1cccc(N2C=Nc3cccc4cccc2c34)c1. The Balaban J connectivity index is 1.92. The van der Waals surface area contributed by atoms with Crippen LogP contribution in [0.25, 0.3) is 10.8 Å². The first-order chi connectivity index (χ1) is 10.7. The summed E-state index contributed by atoms with van der Waals surface area (Å²) in [6, 6.07) is 18.5. The van der Waals surface area contributed by atoms with Crippen LogP contribution in [0.3, 0.4) is 0 Å². The predicted molar refractivity (Wildman–Crippen MR) is 87.3 cm³/mol. The van der Waals surface area contributed by atoms with Crippen molar-refractivity contribution in [3.05, 3.63) is 70.8 Å². The zero-order valence-corrected chi connectivity index (χ0v) is 11.5. The second kappa shape index (κ2) is 4.66. The summed E-state index contributed by atoms with van der Waals surface area (Å²) in [5, 5.41) is 13.1. The summed E-state index contributed by atoms with van der Waals surface area (Å²) in [6.45, 7) is 0. The van der Waals surface area contributed by atoms with Crippen LogP contribution in [0.15, 0.2) is 65.7 Å². The number of anilines is 2. The maximum absolute atomic E-state index is 11.0. The number of hydrogen-bond donors (Lipinski definition) is 0. The van der Waals surface area contributed by atoms with Gasteiger partial charge in [-0.15, -0.1) is 0 Å². The van der Waals surface area contributed by atoms with E-state index in [4.69, 9.17) is 0 Å². The van der Waals surface area contributed by atoms with Gasteiger partial charge in [-0.2, -0.15) is 0 Å². The quantitative estimate of drug-likeness (QED) is 0.513. The van der Waals surface area contributed by atoms with Crippen molar-refractivity contribution < 1.29 is 4.92 Å². The predicted octanol–water partition coefficient (Wildman–Crippen LogP) is 4.56. The van der Waals surface area contributed by atoms with Gasteiger partial charge in [-0.1, -0.05) is 30.3 Å². The summed E-state index contributed by atoms with van der Waals surface area (Å²) >= 11 is 0. The largest absolute Gasteiger partial charge is 0.300 e. The highest BCUT2D eigenvalue weighted by Gasteiger charge is 2.18. The van der Waals surface area contributed by atoms with Crippen LogP contribution < -0.4 is 4.90 Å². The highest BCUT2D eigenvalue weighted by molar-refractivity contribution is 6.12. The molecular formula is C17H11N3O2. The lowest BCUT2D eigenvalue weighted by atomic mass is 10.0. The number of hydrogen-bond acceptors (Lipinski definition) is 4. The number of aliphatic imine (C=N–C) groups is 1.